The van der Waals surface area contributed by atoms with Gasteiger partial charge in [0.15, 0.2) is 0 Å². The Kier molecular flexibility index (Phi) is 5.65. The number of nitrogens with one attached hydrogen (secondary N) is 1. The Morgan fingerprint density at radius 1 is 0.925 bits per heavy atom. The summed E-state index contributed by atoms with van der Waals surface area (Å²) >= 11 is 0. The van der Waals surface area contributed by atoms with E-state index in [-0.39, 0.29) is 6.97 Å². The average Bonchev–Trinajstić information content (AvgIpc) is 3.27. The second kappa shape index (κ2) is 9.32. The fourth-order valence-electron chi connectivity index (χ4n) is 9.50. The molecule has 5 fully saturated rings. The summed E-state index contributed by atoms with van der Waals surface area (Å²) in [5.41, 5.74) is 7.52. The molecule has 6 heterocycles. The zero-order valence-corrected chi connectivity index (χ0v) is 23.9. The molecular formula is C33H46N6O. The van der Waals surface area contributed by atoms with Crippen molar-refractivity contribution in [3.8, 4) is 6.01 Å². The first-order valence-corrected chi connectivity index (χ1v) is 16.4. The monoisotopic (exact) mass is 542 g/mol. The van der Waals surface area contributed by atoms with Gasteiger partial charge >= 0.3 is 6.01 Å². The molecule has 1 aromatic heterocycles. The quantitative estimate of drug-likeness (QED) is 0.569. The summed E-state index contributed by atoms with van der Waals surface area (Å²) in [4.78, 5) is 18.3. The maximum Gasteiger partial charge on any atom is 0.318 e. The summed E-state index contributed by atoms with van der Waals surface area (Å²) in [6.07, 6.45) is 14.1. The molecule has 1 aromatic carbocycles. The van der Waals surface area contributed by atoms with E-state index in [1.54, 1.807) is 11.1 Å². The summed E-state index contributed by atoms with van der Waals surface area (Å²) < 4.78 is 6.61. The molecular weight excluding hydrogens is 496 g/mol. The van der Waals surface area contributed by atoms with Crippen molar-refractivity contribution >= 4 is 11.5 Å². The molecule has 3 unspecified atom stereocenters. The molecule has 0 amide bonds. The van der Waals surface area contributed by atoms with Crippen LogP contribution in [0.4, 0.5) is 11.5 Å². The van der Waals surface area contributed by atoms with Gasteiger partial charge in [0.25, 0.3) is 0 Å². The third kappa shape index (κ3) is 3.98. The molecule has 214 valence electrons. The minimum absolute atomic E-state index is 0. The van der Waals surface area contributed by atoms with Gasteiger partial charge in [-0.1, -0.05) is 12.1 Å². The van der Waals surface area contributed by atoms with E-state index in [4.69, 9.17) is 14.7 Å². The van der Waals surface area contributed by atoms with Gasteiger partial charge in [-0.15, -0.1) is 0 Å². The number of nitrogens with zero attached hydrogens (tertiary/aromatic N) is 5. The standard InChI is InChI=1S/C33H44N6O.H2/c1-4-23-8-11-26(22-6-7-22)30(23)29(5-1)37-17-12-27-28(20-37)35-32(40-21-33-13-2-15-39(33)16-3-14-33)36-31(27)38-18-24-9-10-25(19-38)34-24;/h1,4-5,22,24-26,34H,2-3,6-21H2;1H. The summed E-state index contributed by atoms with van der Waals surface area (Å²) in [7, 11) is 0. The molecule has 7 nitrogen and oxygen atoms in total. The van der Waals surface area contributed by atoms with E-state index in [0.29, 0.717) is 18.1 Å². The van der Waals surface area contributed by atoms with E-state index in [1.165, 1.54) is 100 Å². The van der Waals surface area contributed by atoms with Crippen LogP contribution in [0.2, 0.25) is 0 Å². The average molecular weight is 543 g/mol. The molecule has 7 aliphatic rings. The predicted molar refractivity (Wildman–Crippen MR) is 160 cm³/mol. The summed E-state index contributed by atoms with van der Waals surface area (Å²) in [6.45, 7) is 7.20. The van der Waals surface area contributed by atoms with E-state index in [9.17, 15) is 0 Å². The van der Waals surface area contributed by atoms with E-state index >= 15 is 0 Å². The number of ether oxygens (including phenoxy) is 1. The Morgan fingerprint density at radius 2 is 1.75 bits per heavy atom. The van der Waals surface area contributed by atoms with Crippen LogP contribution in [0, 0.1) is 5.92 Å². The highest BCUT2D eigenvalue weighted by molar-refractivity contribution is 5.63. The Bertz CT molecular complexity index is 1290. The van der Waals surface area contributed by atoms with Crippen LogP contribution in [-0.4, -0.2) is 71.8 Å². The first-order valence-electron chi connectivity index (χ1n) is 16.4. The normalized spacial score (nSPS) is 30.4. The van der Waals surface area contributed by atoms with Crippen molar-refractivity contribution in [2.45, 2.75) is 101 Å². The number of aromatic nitrogens is 2. The van der Waals surface area contributed by atoms with Gasteiger partial charge in [-0.05, 0) is 113 Å². The third-order valence-electron chi connectivity index (χ3n) is 11.6. The number of anilines is 2. The van der Waals surface area contributed by atoms with Crippen LogP contribution in [0.25, 0.3) is 0 Å². The van der Waals surface area contributed by atoms with E-state index in [2.05, 4.69) is 38.2 Å². The van der Waals surface area contributed by atoms with Crippen LogP contribution in [0.15, 0.2) is 18.2 Å². The second-order valence-corrected chi connectivity index (χ2v) is 14.0. The zero-order valence-electron chi connectivity index (χ0n) is 23.9. The summed E-state index contributed by atoms with van der Waals surface area (Å²) in [5.74, 6) is 2.85. The fourth-order valence-corrected chi connectivity index (χ4v) is 9.50. The van der Waals surface area contributed by atoms with Crippen LogP contribution in [0.1, 0.15) is 87.5 Å². The van der Waals surface area contributed by atoms with Gasteiger partial charge in [0.2, 0.25) is 0 Å². The highest BCUT2D eigenvalue weighted by atomic mass is 16.5. The van der Waals surface area contributed by atoms with Gasteiger partial charge in [0.1, 0.15) is 12.4 Å². The van der Waals surface area contributed by atoms with E-state index in [0.717, 1.165) is 51.0 Å². The molecule has 3 atom stereocenters. The van der Waals surface area contributed by atoms with Crippen LogP contribution >= 0.6 is 0 Å². The molecule has 7 heteroatoms. The number of benzene rings is 1. The van der Waals surface area contributed by atoms with Crippen molar-refractivity contribution in [1.82, 2.24) is 20.2 Å². The fraction of sp³-hybridized carbons (Fsp3) is 0.697. The van der Waals surface area contributed by atoms with Crippen molar-refractivity contribution in [1.29, 1.82) is 0 Å². The SMILES string of the molecule is [HH].c1cc2c(c(N3CCc4c(nc(OCC56CCCN5CCC6)nc4N4CC5CCC(C4)N5)C3)c1)C(C1CC1)CC2. The smallest absolute Gasteiger partial charge is 0.318 e. The number of aryl methyl sites for hydroxylation is 1. The highest BCUT2D eigenvalue weighted by Crippen LogP contribution is 2.52. The van der Waals surface area contributed by atoms with Gasteiger partial charge in [-0.3, -0.25) is 4.90 Å². The Hall–Kier alpha value is -2.38. The second-order valence-electron chi connectivity index (χ2n) is 14.0. The Labute approximate surface area is 240 Å². The largest absolute Gasteiger partial charge is 0.461 e. The molecule has 1 N–H and O–H groups in total. The number of piperazine rings is 1. The number of fused-ring (bicyclic) bond motifs is 5. The predicted octanol–water partition coefficient (Wildman–Crippen LogP) is 4.67. The third-order valence-corrected chi connectivity index (χ3v) is 11.6. The maximum absolute atomic E-state index is 6.61. The molecule has 1 saturated carbocycles. The van der Waals surface area contributed by atoms with Crippen LogP contribution < -0.4 is 19.9 Å². The molecule has 2 aliphatic carbocycles. The zero-order chi connectivity index (χ0) is 26.3. The first-order chi connectivity index (χ1) is 19.7. The van der Waals surface area contributed by atoms with Crippen molar-refractivity contribution in [3.63, 3.8) is 0 Å². The minimum atomic E-state index is 0. The highest BCUT2D eigenvalue weighted by Gasteiger charge is 2.45. The maximum atomic E-state index is 6.61. The van der Waals surface area contributed by atoms with Gasteiger partial charge in [0, 0.05) is 44.4 Å². The van der Waals surface area contributed by atoms with Gasteiger partial charge in [-0.2, -0.15) is 9.97 Å². The van der Waals surface area contributed by atoms with Crippen LogP contribution in [0.3, 0.4) is 0 Å². The van der Waals surface area contributed by atoms with Gasteiger partial charge in [-0.25, -0.2) is 0 Å². The lowest BCUT2D eigenvalue weighted by atomic mass is 9.93. The van der Waals surface area contributed by atoms with Gasteiger partial charge < -0.3 is 19.9 Å². The van der Waals surface area contributed by atoms with Crippen LogP contribution in [0.5, 0.6) is 6.01 Å². The van der Waals surface area contributed by atoms with Crippen molar-refractivity contribution in [2.24, 2.45) is 5.92 Å². The molecule has 0 spiro atoms. The van der Waals surface area contributed by atoms with Gasteiger partial charge in [0.05, 0.1) is 17.8 Å². The molecule has 5 aliphatic heterocycles. The molecule has 9 rings (SSSR count). The number of rotatable bonds is 6. The topological polar surface area (TPSA) is 56.8 Å². The number of hydrogen-bond donors (Lipinski definition) is 1. The summed E-state index contributed by atoms with van der Waals surface area (Å²) in [5, 5.41) is 3.81. The van der Waals surface area contributed by atoms with Crippen molar-refractivity contribution in [3.05, 3.63) is 40.6 Å². The minimum Gasteiger partial charge on any atom is -0.461 e. The molecule has 2 bridgehead atoms. The lowest BCUT2D eigenvalue weighted by molar-refractivity contribution is 0.107. The van der Waals surface area contributed by atoms with Crippen molar-refractivity contribution in [2.75, 3.05) is 49.1 Å². The molecule has 40 heavy (non-hydrogen) atoms. The lowest BCUT2D eigenvalue weighted by Gasteiger charge is -2.38. The van der Waals surface area contributed by atoms with Crippen LogP contribution in [-0.2, 0) is 19.4 Å². The van der Waals surface area contributed by atoms with Crippen molar-refractivity contribution < 1.29 is 6.16 Å². The lowest BCUT2D eigenvalue weighted by Crippen LogP contribution is -2.52. The number of hydrogen-bond acceptors (Lipinski definition) is 7. The van der Waals surface area contributed by atoms with E-state index < -0.39 is 0 Å². The Morgan fingerprint density at radius 3 is 2.55 bits per heavy atom. The first kappa shape index (κ1) is 24.2. The molecule has 4 saturated heterocycles. The molecule has 0 radical (unpaired) electrons. The Balaban J connectivity index is 0.00000256. The van der Waals surface area contributed by atoms with E-state index in [1.807, 2.05) is 0 Å². The molecule has 2 aromatic rings. The summed E-state index contributed by atoms with van der Waals surface area (Å²) in [6, 6.07) is 8.87.